The highest BCUT2D eigenvalue weighted by molar-refractivity contribution is 5.81. The minimum atomic E-state index is -0.976. The van der Waals surface area contributed by atoms with Gasteiger partial charge in [-0.3, -0.25) is 14.9 Å². The molecule has 0 aromatic heterocycles. The fourth-order valence-corrected chi connectivity index (χ4v) is 5.25. The third-order valence-corrected chi connectivity index (χ3v) is 6.76. The van der Waals surface area contributed by atoms with Crippen molar-refractivity contribution in [3.05, 3.63) is 0 Å². The number of nitrogens with zero attached hydrogens (tertiary/aromatic N) is 2. The number of amides is 2. The number of halogens is 1. The predicted molar refractivity (Wildman–Crippen MR) is 101 cm³/mol. The Kier molecular flexibility index (Phi) is 5.84. The van der Waals surface area contributed by atoms with E-state index in [-0.39, 0.29) is 37.1 Å². The molecule has 4 aliphatic heterocycles. The maximum atomic E-state index is 13.6. The largest absolute Gasteiger partial charge is 0.351 e. The second-order valence-electron chi connectivity index (χ2n) is 8.63. The van der Waals surface area contributed by atoms with Gasteiger partial charge in [-0.2, -0.15) is 0 Å². The number of nitrogens with one attached hydrogen (secondary N) is 4. The van der Waals surface area contributed by atoms with E-state index in [1.807, 2.05) is 11.9 Å². The fraction of sp³-hybridized carbons (Fsp3) is 0.889. The van der Waals surface area contributed by atoms with Gasteiger partial charge in [-0.15, -0.1) is 0 Å². The molecule has 7 atom stereocenters. The van der Waals surface area contributed by atoms with E-state index in [0.717, 1.165) is 25.9 Å². The SMILES string of the molecule is CN1CC(C2CCNCC2NC(=O)C2C(N)NN3CC(F)CNC23)CCC1=O. The Balaban J connectivity index is 1.41. The molecule has 4 aliphatic rings. The number of hydrazine groups is 1. The molecule has 10 heteroatoms. The van der Waals surface area contributed by atoms with E-state index in [1.165, 1.54) is 0 Å². The number of carbonyl (C=O) groups excluding carboxylic acids is 2. The molecular formula is C18H32FN7O2. The van der Waals surface area contributed by atoms with Crippen molar-refractivity contribution >= 4 is 11.8 Å². The molecule has 9 nitrogen and oxygen atoms in total. The van der Waals surface area contributed by atoms with Crippen LogP contribution in [-0.2, 0) is 9.59 Å². The Morgan fingerprint density at radius 2 is 2.11 bits per heavy atom. The molecule has 28 heavy (non-hydrogen) atoms. The van der Waals surface area contributed by atoms with E-state index in [4.69, 9.17) is 5.73 Å². The number of hydrogen-bond donors (Lipinski definition) is 5. The minimum Gasteiger partial charge on any atom is -0.351 e. The van der Waals surface area contributed by atoms with Gasteiger partial charge in [0.15, 0.2) is 0 Å². The number of piperidine rings is 2. The van der Waals surface area contributed by atoms with Gasteiger partial charge in [0.05, 0.1) is 18.2 Å². The molecule has 0 aromatic rings. The van der Waals surface area contributed by atoms with Gasteiger partial charge < -0.3 is 21.3 Å². The molecule has 7 unspecified atom stereocenters. The number of nitrogens with two attached hydrogens (primary N) is 1. The van der Waals surface area contributed by atoms with Crippen molar-refractivity contribution in [1.82, 2.24) is 31.3 Å². The topological polar surface area (TPSA) is 115 Å². The van der Waals surface area contributed by atoms with Crippen LogP contribution in [0.1, 0.15) is 19.3 Å². The summed E-state index contributed by atoms with van der Waals surface area (Å²) in [5, 5.41) is 11.4. The third-order valence-electron chi connectivity index (χ3n) is 6.76. The maximum Gasteiger partial charge on any atom is 0.229 e. The van der Waals surface area contributed by atoms with E-state index in [2.05, 4.69) is 21.4 Å². The molecular weight excluding hydrogens is 365 g/mol. The Morgan fingerprint density at radius 1 is 1.29 bits per heavy atom. The molecule has 0 spiro atoms. The van der Waals surface area contributed by atoms with Crippen LogP contribution in [0.4, 0.5) is 4.39 Å². The molecule has 0 radical (unpaired) electrons. The second-order valence-corrected chi connectivity index (χ2v) is 8.63. The van der Waals surface area contributed by atoms with Gasteiger partial charge in [0.1, 0.15) is 6.17 Å². The van der Waals surface area contributed by atoms with E-state index in [1.54, 1.807) is 5.01 Å². The van der Waals surface area contributed by atoms with E-state index in [0.29, 0.717) is 24.8 Å². The van der Waals surface area contributed by atoms with Crippen LogP contribution in [0.5, 0.6) is 0 Å². The van der Waals surface area contributed by atoms with Crippen LogP contribution in [0.2, 0.25) is 0 Å². The van der Waals surface area contributed by atoms with Crippen LogP contribution in [0, 0.1) is 17.8 Å². The number of fused-ring (bicyclic) bond motifs is 1. The van der Waals surface area contributed by atoms with Gasteiger partial charge in [-0.25, -0.2) is 14.8 Å². The molecule has 158 valence electrons. The third kappa shape index (κ3) is 3.88. The molecule has 4 saturated heterocycles. The van der Waals surface area contributed by atoms with Gasteiger partial charge in [0.25, 0.3) is 0 Å². The van der Waals surface area contributed by atoms with Gasteiger partial charge >= 0.3 is 0 Å². The summed E-state index contributed by atoms with van der Waals surface area (Å²) in [6.07, 6.45) is 0.612. The lowest BCUT2D eigenvalue weighted by molar-refractivity contribution is -0.135. The number of carbonyl (C=O) groups is 2. The molecule has 4 rings (SSSR count). The van der Waals surface area contributed by atoms with Crippen molar-refractivity contribution in [3.8, 4) is 0 Å². The smallest absolute Gasteiger partial charge is 0.229 e. The van der Waals surface area contributed by atoms with Crippen molar-refractivity contribution in [3.63, 3.8) is 0 Å². The zero-order valence-electron chi connectivity index (χ0n) is 16.4. The van der Waals surface area contributed by atoms with Crippen LogP contribution in [0.15, 0.2) is 0 Å². The number of rotatable bonds is 3. The molecule has 0 saturated carbocycles. The summed E-state index contributed by atoms with van der Waals surface area (Å²) in [6.45, 7) is 2.84. The average Bonchev–Trinajstić information content (AvgIpc) is 2.99. The molecule has 6 N–H and O–H groups in total. The van der Waals surface area contributed by atoms with Crippen LogP contribution < -0.4 is 27.1 Å². The molecule has 4 heterocycles. The van der Waals surface area contributed by atoms with Crippen molar-refractivity contribution < 1.29 is 14.0 Å². The normalized spacial score (nSPS) is 42.3. The zero-order chi connectivity index (χ0) is 19.8. The number of likely N-dealkylation sites (tertiary alicyclic amines) is 1. The van der Waals surface area contributed by atoms with Gasteiger partial charge in [-0.1, -0.05) is 0 Å². The zero-order valence-corrected chi connectivity index (χ0v) is 16.4. The molecule has 0 aliphatic carbocycles. The van der Waals surface area contributed by atoms with E-state index in [9.17, 15) is 14.0 Å². The summed E-state index contributed by atoms with van der Waals surface area (Å²) in [4.78, 5) is 26.8. The predicted octanol–water partition coefficient (Wildman–Crippen LogP) is -2.06. The van der Waals surface area contributed by atoms with E-state index >= 15 is 0 Å². The van der Waals surface area contributed by atoms with Gasteiger partial charge in [0.2, 0.25) is 11.8 Å². The summed E-state index contributed by atoms with van der Waals surface area (Å²) in [6, 6.07) is 0.00613. The highest BCUT2D eigenvalue weighted by Gasteiger charge is 2.48. The lowest BCUT2D eigenvalue weighted by Gasteiger charge is -2.42. The second kappa shape index (κ2) is 8.19. The Bertz CT molecular complexity index is 608. The van der Waals surface area contributed by atoms with Crippen LogP contribution >= 0.6 is 0 Å². The molecule has 0 bridgehead atoms. The molecule has 4 fully saturated rings. The molecule has 2 amide bonds. The lowest BCUT2D eigenvalue weighted by Crippen LogP contribution is -2.61. The summed E-state index contributed by atoms with van der Waals surface area (Å²) < 4.78 is 13.6. The monoisotopic (exact) mass is 397 g/mol. The fourth-order valence-electron chi connectivity index (χ4n) is 5.25. The Labute approximate surface area is 164 Å². The van der Waals surface area contributed by atoms with Crippen molar-refractivity contribution in [1.29, 1.82) is 0 Å². The van der Waals surface area contributed by atoms with Crippen molar-refractivity contribution in [2.24, 2.45) is 23.5 Å². The summed E-state index contributed by atoms with van der Waals surface area (Å²) in [5.74, 6) is 0.337. The van der Waals surface area contributed by atoms with Gasteiger partial charge in [0, 0.05) is 45.7 Å². The highest BCUT2D eigenvalue weighted by Crippen LogP contribution is 2.31. The summed E-state index contributed by atoms with van der Waals surface area (Å²) in [7, 11) is 1.86. The van der Waals surface area contributed by atoms with Gasteiger partial charge in [-0.05, 0) is 31.2 Å². The summed E-state index contributed by atoms with van der Waals surface area (Å²) in [5.41, 5.74) is 9.19. The van der Waals surface area contributed by atoms with Crippen LogP contribution in [0.3, 0.4) is 0 Å². The summed E-state index contributed by atoms with van der Waals surface area (Å²) >= 11 is 0. The maximum absolute atomic E-state index is 13.6. The van der Waals surface area contributed by atoms with Crippen molar-refractivity contribution in [2.75, 3.05) is 39.8 Å². The van der Waals surface area contributed by atoms with Crippen LogP contribution in [0.25, 0.3) is 0 Å². The first-order chi connectivity index (χ1) is 13.4. The first-order valence-electron chi connectivity index (χ1n) is 10.3. The van der Waals surface area contributed by atoms with Crippen molar-refractivity contribution in [2.45, 2.75) is 43.8 Å². The quantitative estimate of drug-likeness (QED) is 0.372. The van der Waals surface area contributed by atoms with E-state index < -0.39 is 18.3 Å². The average molecular weight is 397 g/mol. The number of hydrogen-bond acceptors (Lipinski definition) is 7. The first-order valence-corrected chi connectivity index (χ1v) is 10.3. The highest BCUT2D eigenvalue weighted by atomic mass is 19.1. The Morgan fingerprint density at radius 3 is 2.89 bits per heavy atom. The lowest BCUT2D eigenvalue weighted by atomic mass is 9.77. The van der Waals surface area contributed by atoms with Crippen LogP contribution in [-0.4, -0.2) is 86.0 Å². The number of alkyl halides is 1. The standard InChI is InChI=1S/C18H32FN7O2/c1-25-8-10(2-3-14(25)27)12-4-5-21-7-13(12)23-18(28)15-16(20)24-26-9-11(19)6-22-17(15)26/h10-13,15-17,21-22,24H,2-9,20H2,1H3,(H,23,28). The Hall–Kier alpha value is -1.33. The molecule has 0 aromatic carbocycles. The first kappa shape index (κ1) is 20.0. The minimum absolute atomic E-state index is 0.00613.